The summed E-state index contributed by atoms with van der Waals surface area (Å²) in [4.78, 5) is 39.2. The zero-order valence-corrected chi connectivity index (χ0v) is 26.0. The molecule has 0 unspecified atom stereocenters. The van der Waals surface area contributed by atoms with Crippen LogP contribution in [-0.4, -0.2) is 83.2 Å². The second-order valence-electron chi connectivity index (χ2n) is 11.5. The number of carbonyl (C=O) groups excluding carboxylic acids is 2. The minimum absolute atomic E-state index is 0.156. The van der Waals surface area contributed by atoms with Gasteiger partial charge in [0.05, 0.1) is 31.2 Å². The number of piperidine rings is 1. The van der Waals surface area contributed by atoms with Crippen LogP contribution in [0.2, 0.25) is 0 Å². The number of esters is 1. The summed E-state index contributed by atoms with van der Waals surface area (Å²) in [6, 6.07) is 15.9. The number of para-hydroxylation sites is 1. The Bertz CT molecular complexity index is 1560. The number of aryl methyl sites for hydroxylation is 1. The van der Waals surface area contributed by atoms with Gasteiger partial charge >= 0.3 is 5.97 Å². The van der Waals surface area contributed by atoms with E-state index >= 15 is 0 Å². The minimum Gasteiger partial charge on any atom is -0.469 e. The Hall–Kier alpha value is -4.02. The summed E-state index contributed by atoms with van der Waals surface area (Å²) in [5.74, 6) is 1.20. The van der Waals surface area contributed by atoms with Gasteiger partial charge < -0.3 is 29.6 Å². The Balaban J connectivity index is 1.35. The van der Waals surface area contributed by atoms with Crippen molar-refractivity contribution in [2.45, 2.75) is 58.0 Å². The number of methoxy groups -OCH3 is 2. The van der Waals surface area contributed by atoms with Gasteiger partial charge in [0.2, 0.25) is 5.91 Å². The third-order valence-corrected chi connectivity index (χ3v) is 8.44. The average molecular weight is 601 g/mol. The van der Waals surface area contributed by atoms with E-state index in [-0.39, 0.29) is 18.3 Å². The summed E-state index contributed by atoms with van der Waals surface area (Å²) in [5.41, 5.74) is 10.8. The molecule has 0 bridgehead atoms. The van der Waals surface area contributed by atoms with Crippen molar-refractivity contribution in [3.05, 3.63) is 65.5 Å². The van der Waals surface area contributed by atoms with Crippen molar-refractivity contribution < 1.29 is 19.1 Å². The van der Waals surface area contributed by atoms with Crippen LogP contribution in [0.5, 0.6) is 0 Å². The molecule has 1 saturated heterocycles. The zero-order chi connectivity index (χ0) is 30.9. The van der Waals surface area contributed by atoms with E-state index in [0.717, 1.165) is 59.4 Å². The number of anilines is 1. The van der Waals surface area contributed by atoms with Crippen molar-refractivity contribution in [3.63, 3.8) is 0 Å². The number of nitrogens with zero attached hydrogens (tertiary/aromatic N) is 5. The number of carbonyl (C=O) groups is 2. The van der Waals surface area contributed by atoms with Crippen LogP contribution < -0.4 is 5.73 Å². The van der Waals surface area contributed by atoms with Gasteiger partial charge in [-0.1, -0.05) is 48.9 Å². The van der Waals surface area contributed by atoms with Gasteiger partial charge in [-0.15, -0.1) is 0 Å². The van der Waals surface area contributed by atoms with E-state index in [9.17, 15) is 9.59 Å². The summed E-state index contributed by atoms with van der Waals surface area (Å²) in [5, 5.41) is 1.01. The lowest BCUT2D eigenvalue weighted by molar-refractivity contribution is -0.139. The first kappa shape index (κ1) is 31.4. The Labute approximate surface area is 259 Å². The fourth-order valence-electron chi connectivity index (χ4n) is 6.06. The summed E-state index contributed by atoms with van der Waals surface area (Å²) in [6.07, 6.45) is 5.81. The highest BCUT2D eigenvalue weighted by Crippen LogP contribution is 2.29. The Kier molecular flexibility index (Phi) is 10.8. The summed E-state index contributed by atoms with van der Waals surface area (Å²) < 4.78 is 12.4. The Morgan fingerprint density at radius 1 is 0.955 bits per heavy atom. The molecule has 10 heteroatoms. The van der Waals surface area contributed by atoms with Gasteiger partial charge in [-0.05, 0) is 49.5 Å². The molecule has 5 rings (SSSR count). The normalized spacial score (nSPS) is 13.9. The monoisotopic (exact) mass is 600 g/mol. The fraction of sp³-hybridized carbons (Fsp3) is 0.471. The van der Waals surface area contributed by atoms with Crippen molar-refractivity contribution in [2.75, 3.05) is 52.7 Å². The molecule has 1 aliphatic heterocycles. The number of hydrogen-bond donors (Lipinski definition) is 1. The molecule has 0 radical (unpaired) electrons. The highest BCUT2D eigenvalue weighted by molar-refractivity contribution is 6.06. The number of imidazole rings is 1. The molecular formula is C34H44N6O4. The maximum absolute atomic E-state index is 13.7. The molecule has 1 fully saturated rings. The SMILES string of the molecule is COCCc1nc2c(N)nc3ccccc3c2n1CCCN(Cc1ccc(CC(=O)OC)cc1)C(=O)CCN1CCCCC1. The topological polar surface area (TPSA) is 116 Å². The number of nitrogens with two attached hydrogens (primary N) is 1. The first-order chi connectivity index (χ1) is 21.5. The van der Waals surface area contributed by atoms with Gasteiger partial charge in [0.15, 0.2) is 5.82 Å². The molecule has 0 atom stereocenters. The number of amides is 1. The molecule has 1 aliphatic rings. The molecule has 2 aromatic carbocycles. The van der Waals surface area contributed by atoms with E-state index in [1.165, 1.54) is 26.4 Å². The molecule has 2 aromatic heterocycles. The second kappa shape index (κ2) is 15.1. The summed E-state index contributed by atoms with van der Waals surface area (Å²) in [7, 11) is 3.08. The molecule has 44 heavy (non-hydrogen) atoms. The van der Waals surface area contributed by atoms with Crippen LogP contribution in [0.1, 0.15) is 49.1 Å². The van der Waals surface area contributed by atoms with Crippen LogP contribution in [-0.2, 0) is 45.0 Å². The zero-order valence-electron chi connectivity index (χ0n) is 26.0. The van der Waals surface area contributed by atoms with E-state index in [1.807, 2.05) is 47.4 Å². The van der Waals surface area contributed by atoms with Crippen LogP contribution in [0.3, 0.4) is 0 Å². The predicted octanol–water partition coefficient (Wildman–Crippen LogP) is 4.37. The summed E-state index contributed by atoms with van der Waals surface area (Å²) in [6.45, 7) is 5.26. The summed E-state index contributed by atoms with van der Waals surface area (Å²) >= 11 is 0. The van der Waals surface area contributed by atoms with Gasteiger partial charge in [-0.3, -0.25) is 9.59 Å². The van der Waals surface area contributed by atoms with Crippen LogP contribution in [0.4, 0.5) is 5.82 Å². The van der Waals surface area contributed by atoms with Gasteiger partial charge in [0.25, 0.3) is 0 Å². The number of ether oxygens (including phenoxy) is 2. The van der Waals surface area contributed by atoms with E-state index in [2.05, 4.69) is 20.5 Å². The van der Waals surface area contributed by atoms with E-state index < -0.39 is 0 Å². The fourth-order valence-corrected chi connectivity index (χ4v) is 6.06. The molecule has 234 valence electrons. The molecule has 3 heterocycles. The molecule has 4 aromatic rings. The van der Waals surface area contributed by atoms with Crippen LogP contribution in [0.15, 0.2) is 48.5 Å². The number of likely N-dealkylation sites (tertiary alicyclic amines) is 1. The second-order valence-corrected chi connectivity index (χ2v) is 11.5. The van der Waals surface area contributed by atoms with Crippen LogP contribution >= 0.6 is 0 Å². The lowest BCUT2D eigenvalue weighted by atomic mass is 10.1. The highest BCUT2D eigenvalue weighted by atomic mass is 16.5. The van der Waals surface area contributed by atoms with Crippen LogP contribution in [0, 0.1) is 0 Å². The number of rotatable bonds is 14. The van der Waals surface area contributed by atoms with E-state index in [0.29, 0.717) is 50.4 Å². The quantitative estimate of drug-likeness (QED) is 0.212. The first-order valence-corrected chi connectivity index (χ1v) is 15.6. The molecular weight excluding hydrogens is 556 g/mol. The van der Waals surface area contributed by atoms with E-state index in [1.54, 1.807) is 7.11 Å². The van der Waals surface area contributed by atoms with Gasteiger partial charge in [-0.25, -0.2) is 9.97 Å². The smallest absolute Gasteiger partial charge is 0.309 e. The molecule has 1 amide bonds. The molecule has 0 spiro atoms. The van der Waals surface area contributed by atoms with Crippen molar-refractivity contribution in [1.29, 1.82) is 0 Å². The van der Waals surface area contributed by atoms with Gasteiger partial charge in [0.1, 0.15) is 11.3 Å². The third kappa shape index (κ3) is 7.73. The van der Waals surface area contributed by atoms with Crippen molar-refractivity contribution in [2.24, 2.45) is 0 Å². The lowest BCUT2D eigenvalue weighted by Crippen LogP contribution is -2.37. The molecule has 0 aliphatic carbocycles. The van der Waals surface area contributed by atoms with Crippen molar-refractivity contribution in [3.8, 4) is 0 Å². The van der Waals surface area contributed by atoms with Gasteiger partial charge in [0, 0.05) is 51.5 Å². The maximum atomic E-state index is 13.7. The Morgan fingerprint density at radius 3 is 2.45 bits per heavy atom. The Morgan fingerprint density at radius 2 is 1.70 bits per heavy atom. The largest absolute Gasteiger partial charge is 0.469 e. The van der Waals surface area contributed by atoms with Crippen LogP contribution in [0.25, 0.3) is 21.9 Å². The number of pyridine rings is 1. The lowest BCUT2D eigenvalue weighted by Gasteiger charge is -2.28. The number of nitrogen functional groups attached to an aromatic ring is 1. The molecule has 10 nitrogen and oxygen atoms in total. The third-order valence-electron chi connectivity index (χ3n) is 8.44. The van der Waals surface area contributed by atoms with Crippen molar-refractivity contribution in [1.82, 2.24) is 24.3 Å². The highest BCUT2D eigenvalue weighted by Gasteiger charge is 2.20. The number of benzene rings is 2. The standard InChI is InChI=1S/C34H44N6O4/c1-43-22-16-29-37-32-33(27-9-4-5-10-28(27)36-34(32)35)40(29)20-8-19-39(30(41)15-21-38-17-6-3-7-18-38)24-26-13-11-25(12-14-26)23-31(42)44-2/h4-5,9-14H,3,6-8,15-24H2,1-2H3,(H2,35,36). The number of fused-ring (bicyclic) bond motifs is 3. The van der Waals surface area contributed by atoms with Gasteiger partial charge in [-0.2, -0.15) is 0 Å². The first-order valence-electron chi connectivity index (χ1n) is 15.6. The average Bonchev–Trinajstić information content (AvgIpc) is 3.42. The maximum Gasteiger partial charge on any atom is 0.309 e. The van der Waals surface area contributed by atoms with E-state index in [4.69, 9.17) is 20.2 Å². The molecule has 2 N–H and O–H groups in total. The van der Waals surface area contributed by atoms with Crippen molar-refractivity contribution >= 4 is 39.6 Å². The number of aromatic nitrogens is 3. The predicted molar refractivity (Wildman–Crippen MR) is 172 cm³/mol. The minimum atomic E-state index is -0.269. The number of hydrogen-bond acceptors (Lipinski definition) is 8. The molecule has 0 saturated carbocycles.